The molecule has 3 rings (SSSR count). The van der Waals surface area contributed by atoms with Crippen LogP contribution in [0.15, 0.2) is 24.3 Å². The van der Waals surface area contributed by atoms with E-state index in [1.54, 1.807) is 4.90 Å². The van der Waals surface area contributed by atoms with Gasteiger partial charge in [0, 0.05) is 29.4 Å². The van der Waals surface area contributed by atoms with Crippen LogP contribution in [0.2, 0.25) is 0 Å². The van der Waals surface area contributed by atoms with Crippen LogP contribution in [-0.2, 0) is 16.0 Å². The lowest BCUT2D eigenvalue weighted by molar-refractivity contribution is -0.138. The van der Waals surface area contributed by atoms with Gasteiger partial charge in [-0.3, -0.25) is 9.59 Å². The van der Waals surface area contributed by atoms with Crippen molar-refractivity contribution in [2.24, 2.45) is 0 Å². The normalized spacial score (nSPS) is 22.2. The Morgan fingerprint density at radius 3 is 2.44 bits per heavy atom. The number of fused-ring (bicyclic) bond motifs is 1. The van der Waals surface area contributed by atoms with Gasteiger partial charge in [-0.1, -0.05) is 18.2 Å². The van der Waals surface area contributed by atoms with Gasteiger partial charge in [0.2, 0.25) is 0 Å². The summed E-state index contributed by atoms with van der Waals surface area (Å²) in [6, 6.07) is 7.86. The van der Waals surface area contributed by atoms with Crippen molar-refractivity contribution in [3.8, 4) is 0 Å². The maximum atomic E-state index is 12.8. The predicted octanol–water partition coefficient (Wildman–Crippen LogP) is 2.39. The summed E-state index contributed by atoms with van der Waals surface area (Å²) in [7, 11) is 0. The lowest BCUT2D eigenvalue weighted by Crippen LogP contribution is -2.63. The van der Waals surface area contributed by atoms with Gasteiger partial charge in [-0.2, -0.15) is 0 Å². The summed E-state index contributed by atoms with van der Waals surface area (Å²) < 4.78 is 0. The minimum atomic E-state index is -0.491. The zero-order valence-electron chi connectivity index (χ0n) is 15.7. The standard InChI is InChI=1S/C20H29N3O2/c1-19(2)12-15(13-20(3,4)22-19)21-17(24)18(25)23-11-7-9-14-8-5-6-10-16(14)23/h5-6,8,10,15,22H,7,9,11-13H2,1-4H3,(H,21,24). The monoisotopic (exact) mass is 343 g/mol. The summed E-state index contributed by atoms with van der Waals surface area (Å²) in [4.78, 5) is 27.0. The van der Waals surface area contributed by atoms with Gasteiger partial charge in [0.25, 0.3) is 0 Å². The fourth-order valence-electron chi connectivity index (χ4n) is 4.54. The minimum absolute atomic E-state index is 0.00253. The molecule has 136 valence electrons. The van der Waals surface area contributed by atoms with Crippen LogP contribution in [0.5, 0.6) is 0 Å². The Morgan fingerprint density at radius 1 is 1.12 bits per heavy atom. The number of amides is 2. The second-order valence-electron chi connectivity index (χ2n) is 8.66. The predicted molar refractivity (Wildman–Crippen MR) is 99.6 cm³/mol. The second-order valence-corrected chi connectivity index (χ2v) is 8.66. The molecule has 2 heterocycles. The van der Waals surface area contributed by atoms with Gasteiger partial charge < -0.3 is 15.5 Å². The zero-order chi connectivity index (χ0) is 18.2. The van der Waals surface area contributed by atoms with Gasteiger partial charge in [-0.05, 0) is 65.0 Å². The van der Waals surface area contributed by atoms with E-state index < -0.39 is 11.8 Å². The van der Waals surface area contributed by atoms with E-state index in [1.807, 2.05) is 24.3 Å². The Labute approximate surface area is 150 Å². The number of anilines is 1. The Hall–Kier alpha value is -1.88. The molecule has 25 heavy (non-hydrogen) atoms. The Bertz CT molecular complexity index is 665. The van der Waals surface area contributed by atoms with Crippen LogP contribution in [0.1, 0.15) is 52.5 Å². The maximum Gasteiger partial charge on any atom is 0.316 e. The second kappa shape index (κ2) is 6.45. The van der Waals surface area contributed by atoms with E-state index in [9.17, 15) is 9.59 Å². The lowest BCUT2D eigenvalue weighted by Gasteiger charge is -2.46. The van der Waals surface area contributed by atoms with Gasteiger partial charge in [0.15, 0.2) is 0 Å². The molecule has 2 N–H and O–H groups in total. The van der Waals surface area contributed by atoms with Crippen LogP contribution in [0.25, 0.3) is 0 Å². The molecule has 2 aliphatic heterocycles. The molecule has 0 saturated carbocycles. The van der Waals surface area contributed by atoms with Crippen molar-refractivity contribution in [3.63, 3.8) is 0 Å². The minimum Gasteiger partial charge on any atom is -0.345 e. The third-order valence-corrected chi connectivity index (χ3v) is 5.08. The quantitative estimate of drug-likeness (QED) is 0.770. The van der Waals surface area contributed by atoms with Crippen molar-refractivity contribution < 1.29 is 9.59 Å². The number of nitrogens with one attached hydrogen (secondary N) is 2. The van der Waals surface area contributed by atoms with Crippen molar-refractivity contribution >= 4 is 17.5 Å². The molecule has 1 aromatic carbocycles. The highest BCUT2D eigenvalue weighted by Crippen LogP contribution is 2.29. The summed E-state index contributed by atoms with van der Waals surface area (Å²) in [6.45, 7) is 9.14. The third kappa shape index (κ3) is 4.03. The van der Waals surface area contributed by atoms with Crippen LogP contribution < -0.4 is 15.5 Å². The Balaban J connectivity index is 1.71. The molecule has 1 fully saturated rings. The zero-order valence-corrected chi connectivity index (χ0v) is 15.7. The molecule has 1 saturated heterocycles. The molecule has 0 aliphatic carbocycles. The van der Waals surface area contributed by atoms with Crippen molar-refractivity contribution in [1.82, 2.24) is 10.6 Å². The molecular weight excluding hydrogens is 314 g/mol. The smallest absolute Gasteiger partial charge is 0.316 e. The number of carbonyl (C=O) groups is 2. The van der Waals surface area contributed by atoms with E-state index in [2.05, 4.69) is 38.3 Å². The van der Waals surface area contributed by atoms with Crippen molar-refractivity contribution in [1.29, 1.82) is 0 Å². The SMILES string of the molecule is CC1(C)CC(NC(=O)C(=O)N2CCCc3ccccc32)CC(C)(C)N1. The van der Waals surface area contributed by atoms with Crippen LogP contribution in [0, 0.1) is 0 Å². The van der Waals surface area contributed by atoms with Crippen LogP contribution >= 0.6 is 0 Å². The number of hydrogen-bond acceptors (Lipinski definition) is 3. The lowest BCUT2D eigenvalue weighted by atomic mass is 9.79. The van der Waals surface area contributed by atoms with Gasteiger partial charge in [0.05, 0.1) is 0 Å². The first kappa shape index (κ1) is 17.9. The number of nitrogens with zero attached hydrogens (tertiary/aromatic N) is 1. The Kier molecular flexibility index (Phi) is 4.62. The molecule has 2 amide bonds. The number of hydrogen-bond donors (Lipinski definition) is 2. The highest BCUT2D eigenvalue weighted by atomic mass is 16.2. The largest absolute Gasteiger partial charge is 0.345 e. The Morgan fingerprint density at radius 2 is 1.76 bits per heavy atom. The van der Waals surface area contributed by atoms with Crippen molar-refractivity contribution in [3.05, 3.63) is 29.8 Å². The summed E-state index contributed by atoms with van der Waals surface area (Å²) in [5.41, 5.74) is 1.87. The van der Waals surface area contributed by atoms with E-state index in [4.69, 9.17) is 0 Å². The van der Waals surface area contributed by atoms with E-state index in [0.717, 1.165) is 36.9 Å². The third-order valence-electron chi connectivity index (χ3n) is 5.08. The van der Waals surface area contributed by atoms with Gasteiger partial charge >= 0.3 is 11.8 Å². The number of piperidine rings is 1. The summed E-state index contributed by atoms with van der Waals surface area (Å²) >= 11 is 0. The first-order valence-corrected chi connectivity index (χ1v) is 9.16. The number of para-hydroxylation sites is 1. The van der Waals surface area contributed by atoms with Gasteiger partial charge in [0.1, 0.15) is 0 Å². The van der Waals surface area contributed by atoms with E-state index in [-0.39, 0.29) is 17.1 Å². The average Bonchev–Trinajstić information content (AvgIpc) is 2.50. The highest BCUT2D eigenvalue weighted by Gasteiger charge is 2.39. The van der Waals surface area contributed by atoms with Crippen LogP contribution in [0.4, 0.5) is 5.69 Å². The topological polar surface area (TPSA) is 61.4 Å². The summed E-state index contributed by atoms with van der Waals surface area (Å²) in [5.74, 6) is -0.934. The van der Waals surface area contributed by atoms with E-state index in [0.29, 0.717) is 6.54 Å². The molecule has 1 aromatic rings. The van der Waals surface area contributed by atoms with Gasteiger partial charge in [-0.15, -0.1) is 0 Å². The molecule has 2 aliphatic rings. The van der Waals surface area contributed by atoms with Crippen molar-refractivity contribution in [2.75, 3.05) is 11.4 Å². The van der Waals surface area contributed by atoms with E-state index in [1.165, 1.54) is 0 Å². The number of benzene rings is 1. The number of carbonyl (C=O) groups excluding carboxylic acids is 2. The van der Waals surface area contributed by atoms with Crippen LogP contribution in [-0.4, -0.2) is 35.5 Å². The molecule has 0 radical (unpaired) electrons. The van der Waals surface area contributed by atoms with Gasteiger partial charge in [-0.25, -0.2) is 0 Å². The molecule has 0 atom stereocenters. The fraction of sp³-hybridized carbons (Fsp3) is 0.600. The first-order valence-electron chi connectivity index (χ1n) is 9.16. The van der Waals surface area contributed by atoms with Crippen LogP contribution in [0.3, 0.4) is 0 Å². The maximum absolute atomic E-state index is 12.8. The molecule has 5 heteroatoms. The summed E-state index contributed by atoms with van der Waals surface area (Å²) in [6.07, 6.45) is 3.47. The number of rotatable bonds is 1. The summed E-state index contributed by atoms with van der Waals surface area (Å²) in [5, 5.41) is 6.58. The first-order chi connectivity index (χ1) is 11.7. The number of aryl methyl sites for hydroxylation is 1. The molecule has 0 aromatic heterocycles. The van der Waals surface area contributed by atoms with E-state index >= 15 is 0 Å². The molecule has 0 unspecified atom stereocenters. The highest BCUT2D eigenvalue weighted by molar-refractivity contribution is 6.40. The van der Waals surface area contributed by atoms with Crippen molar-refractivity contribution in [2.45, 2.75) is 70.5 Å². The molecular formula is C20H29N3O2. The molecule has 0 bridgehead atoms. The molecule has 0 spiro atoms. The molecule has 5 nitrogen and oxygen atoms in total. The average molecular weight is 343 g/mol. The fourth-order valence-corrected chi connectivity index (χ4v) is 4.54.